The average molecular weight is 482 g/mol. The van der Waals surface area contributed by atoms with E-state index in [1.807, 2.05) is 55.5 Å². The van der Waals surface area contributed by atoms with E-state index in [4.69, 9.17) is 0 Å². The Morgan fingerprint density at radius 1 is 0.857 bits per heavy atom. The third-order valence-corrected chi connectivity index (χ3v) is 7.19. The van der Waals surface area contributed by atoms with Crippen LogP contribution in [0.4, 0.5) is 5.82 Å². The van der Waals surface area contributed by atoms with Gasteiger partial charge in [-0.1, -0.05) is 78.4 Å². The van der Waals surface area contributed by atoms with Crippen LogP contribution in [0, 0.1) is 6.92 Å². The van der Waals surface area contributed by atoms with Gasteiger partial charge in [0.1, 0.15) is 0 Å². The summed E-state index contributed by atoms with van der Waals surface area (Å²) in [6, 6.07) is 31.0. The van der Waals surface area contributed by atoms with E-state index in [0.29, 0.717) is 17.7 Å². The summed E-state index contributed by atoms with van der Waals surface area (Å²) >= 11 is 0. The number of anilines is 1. The van der Waals surface area contributed by atoms with E-state index >= 15 is 0 Å². The van der Waals surface area contributed by atoms with Crippen LogP contribution in [0.15, 0.2) is 108 Å². The lowest BCUT2D eigenvalue weighted by Crippen LogP contribution is -2.18. The Kier molecular flexibility index (Phi) is 5.93. The number of benzene rings is 4. The van der Waals surface area contributed by atoms with E-state index in [-0.39, 0.29) is 16.6 Å². The van der Waals surface area contributed by atoms with Crippen LogP contribution in [0.3, 0.4) is 0 Å². The molecule has 5 aromatic rings. The van der Waals surface area contributed by atoms with Gasteiger partial charge in [0.25, 0.3) is 15.9 Å². The second-order valence-corrected chi connectivity index (χ2v) is 10.0. The van der Waals surface area contributed by atoms with Crippen LogP contribution in [-0.4, -0.2) is 24.1 Å². The number of nitrogens with zero attached hydrogens (tertiary/aromatic N) is 2. The maximum Gasteiger partial charge on any atom is 0.278 e. The van der Waals surface area contributed by atoms with Crippen molar-refractivity contribution < 1.29 is 13.2 Å². The Hall–Kier alpha value is -4.23. The minimum atomic E-state index is -3.87. The Labute approximate surface area is 203 Å². The molecule has 6 nitrogen and oxygen atoms in total. The molecule has 0 saturated carbocycles. The number of aryl methyl sites for hydroxylation is 1. The first-order valence-electron chi connectivity index (χ1n) is 11.2. The fourth-order valence-electron chi connectivity index (χ4n) is 4.03. The van der Waals surface area contributed by atoms with Crippen LogP contribution in [0.25, 0.3) is 10.8 Å². The molecule has 0 bridgehead atoms. The Morgan fingerprint density at radius 2 is 1.54 bits per heavy atom. The third-order valence-electron chi connectivity index (χ3n) is 5.82. The molecular weight excluding hydrogens is 458 g/mol. The summed E-state index contributed by atoms with van der Waals surface area (Å²) in [6.07, 6.45) is 0.402. The monoisotopic (exact) mass is 481 g/mol. The van der Waals surface area contributed by atoms with Crippen LogP contribution < -0.4 is 4.72 Å². The van der Waals surface area contributed by atoms with E-state index in [1.54, 1.807) is 54.6 Å². The van der Waals surface area contributed by atoms with Crippen molar-refractivity contribution in [3.05, 3.63) is 126 Å². The molecule has 1 aromatic heterocycles. The Bertz CT molecular complexity index is 1620. The largest absolute Gasteiger partial charge is 0.278 e. The van der Waals surface area contributed by atoms with Crippen LogP contribution in [-0.2, 0) is 16.4 Å². The van der Waals surface area contributed by atoms with E-state index in [1.165, 1.54) is 4.68 Å². The van der Waals surface area contributed by atoms with E-state index < -0.39 is 10.0 Å². The predicted octanol–water partition coefficient (Wildman–Crippen LogP) is 5.42. The summed E-state index contributed by atoms with van der Waals surface area (Å²) in [5.74, 6) is -0.244. The van der Waals surface area contributed by atoms with Gasteiger partial charge in [-0.05, 0) is 47.5 Å². The fraction of sp³-hybridized carbons (Fsp3) is 0.0714. The summed E-state index contributed by atoms with van der Waals surface area (Å²) in [4.78, 5) is 13.5. The highest BCUT2D eigenvalue weighted by molar-refractivity contribution is 7.92. The molecule has 0 radical (unpaired) electrons. The number of fused-ring (bicyclic) bond motifs is 1. The Morgan fingerprint density at radius 3 is 2.31 bits per heavy atom. The van der Waals surface area contributed by atoms with Gasteiger partial charge >= 0.3 is 0 Å². The highest BCUT2D eigenvalue weighted by Gasteiger charge is 2.21. The van der Waals surface area contributed by atoms with Crippen molar-refractivity contribution in [1.82, 2.24) is 9.78 Å². The van der Waals surface area contributed by atoms with Crippen molar-refractivity contribution in [2.45, 2.75) is 18.2 Å². The maximum atomic E-state index is 13.3. The van der Waals surface area contributed by atoms with Crippen molar-refractivity contribution >= 4 is 32.5 Å². The second-order valence-electron chi connectivity index (χ2n) is 8.34. The summed E-state index contributed by atoms with van der Waals surface area (Å²) in [6.45, 7) is 1.89. The quantitative estimate of drug-likeness (QED) is 0.351. The summed E-state index contributed by atoms with van der Waals surface area (Å²) in [7, 11) is -3.87. The molecule has 1 N–H and O–H groups in total. The molecule has 0 aliphatic rings. The van der Waals surface area contributed by atoms with Gasteiger partial charge in [-0.25, -0.2) is 8.42 Å². The number of aromatic nitrogens is 2. The van der Waals surface area contributed by atoms with Gasteiger partial charge in [0.15, 0.2) is 5.82 Å². The van der Waals surface area contributed by atoms with Crippen LogP contribution in [0.5, 0.6) is 0 Å². The number of hydrogen-bond donors (Lipinski definition) is 1. The molecule has 0 unspecified atom stereocenters. The summed E-state index contributed by atoms with van der Waals surface area (Å²) in [5, 5.41) is 6.52. The van der Waals surface area contributed by atoms with Crippen LogP contribution in [0.1, 0.15) is 27.2 Å². The molecule has 0 fully saturated rings. The third kappa shape index (κ3) is 4.72. The molecule has 4 aromatic carbocycles. The van der Waals surface area contributed by atoms with E-state index in [0.717, 1.165) is 21.9 Å². The van der Waals surface area contributed by atoms with Crippen LogP contribution in [0.2, 0.25) is 0 Å². The molecule has 35 heavy (non-hydrogen) atoms. The topological polar surface area (TPSA) is 81.1 Å². The number of carbonyl (C=O) groups excluding carboxylic acids is 1. The molecule has 0 aliphatic heterocycles. The first-order valence-corrected chi connectivity index (χ1v) is 12.6. The number of hydrogen-bond acceptors (Lipinski definition) is 4. The summed E-state index contributed by atoms with van der Waals surface area (Å²) in [5.41, 5.74) is 3.01. The van der Waals surface area contributed by atoms with Crippen molar-refractivity contribution in [3.8, 4) is 0 Å². The average Bonchev–Trinajstić information content (AvgIpc) is 3.26. The van der Waals surface area contributed by atoms with Gasteiger partial charge in [-0.15, -0.1) is 5.10 Å². The molecule has 0 atom stereocenters. The molecule has 5 rings (SSSR count). The smallest absolute Gasteiger partial charge is 0.267 e. The minimum absolute atomic E-state index is 0.0880. The number of sulfonamides is 1. The highest BCUT2D eigenvalue weighted by Crippen LogP contribution is 2.24. The molecular formula is C28H23N3O3S. The lowest BCUT2D eigenvalue weighted by atomic mass is 10.0. The lowest BCUT2D eigenvalue weighted by Gasteiger charge is -2.09. The highest BCUT2D eigenvalue weighted by atomic mass is 32.2. The predicted molar refractivity (Wildman–Crippen MR) is 137 cm³/mol. The van der Waals surface area contributed by atoms with E-state index in [9.17, 15) is 13.2 Å². The number of rotatable bonds is 6. The molecule has 7 heteroatoms. The van der Waals surface area contributed by atoms with Gasteiger partial charge in [0, 0.05) is 18.1 Å². The van der Waals surface area contributed by atoms with Crippen LogP contribution >= 0.6 is 0 Å². The zero-order chi connectivity index (χ0) is 24.4. The molecule has 1 heterocycles. The number of nitrogens with one attached hydrogen (secondary N) is 1. The fourth-order valence-corrected chi connectivity index (χ4v) is 5.02. The lowest BCUT2D eigenvalue weighted by molar-refractivity contribution is 0.0942. The second kappa shape index (κ2) is 9.19. The molecule has 0 saturated heterocycles. The maximum absolute atomic E-state index is 13.3. The minimum Gasteiger partial charge on any atom is -0.267 e. The zero-order valence-electron chi connectivity index (χ0n) is 19.0. The number of carbonyl (C=O) groups is 1. The van der Waals surface area contributed by atoms with Gasteiger partial charge in [0.05, 0.1) is 10.6 Å². The van der Waals surface area contributed by atoms with Gasteiger partial charge in [0.2, 0.25) is 0 Å². The first kappa shape index (κ1) is 22.6. The molecule has 0 aliphatic carbocycles. The van der Waals surface area contributed by atoms with Crippen molar-refractivity contribution in [2.75, 3.05) is 4.72 Å². The normalized spacial score (nSPS) is 11.5. The molecule has 0 spiro atoms. The zero-order valence-corrected chi connectivity index (χ0v) is 19.9. The van der Waals surface area contributed by atoms with E-state index in [2.05, 4.69) is 9.82 Å². The van der Waals surface area contributed by atoms with Gasteiger partial charge in [-0.2, -0.15) is 4.68 Å². The van der Waals surface area contributed by atoms with Crippen molar-refractivity contribution in [1.29, 1.82) is 0 Å². The van der Waals surface area contributed by atoms with Gasteiger partial charge < -0.3 is 0 Å². The van der Waals surface area contributed by atoms with Crippen molar-refractivity contribution in [2.24, 2.45) is 0 Å². The molecule has 0 amide bonds. The standard InChI is InChI=1S/C28H23N3O3S/c1-20-14-16-25(17-15-20)35(33,34)30-27-19-24(31(29-27)28(32)22-9-3-2-4-10-22)18-23-12-7-11-21-8-5-6-13-26(21)23/h2-17,19H,18H2,1H3,(H,29,30). The summed E-state index contributed by atoms with van der Waals surface area (Å²) < 4.78 is 29.7. The Balaban J connectivity index is 1.56. The van der Waals surface area contributed by atoms with Gasteiger partial charge in [-0.3, -0.25) is 9.52 Å². The SMILES string of the molecule is Cc1ccc(S(=O)(=O)Nc2cc(Cc3cccc4ccccc34)n(C(=O)c3ccccc3)n2)cc1. The first-order chi connectivity index (χ1) is 16.9. The van der Waals surface area contributed by atoms with Crippen molar-refractivity contribution in [3.63, 3.8) is 0 Å². The molecule has 174 valence electrons.